The number of hydrogen-bond acceptors (Lipinski definition) is 7. The summed E-state index contributed by atoms with van der Waals surface area (Å²) in [7, 11) is 1.84. The molecule has 1 amide bonds. The molecule has 0 saturated heterocycles. The summed E-state index contributed by atoms with van der Waals surface area (Å²) in [5.74, 6) is 1.26. The van der Waals surface area contributed by atoms with E-state index in [-0.39, 0.29) is 18.3 Å². The van der Waals surface area contributed by atoms with Gasteiger partial charge in [-0.05, 0) is 19.1 Å². The molecule has 2 aromatic heterocycles. The highest BCUT2D eigenvalue weighted by Crippen LogP contribution is 2.30. The molecule has 0 spiro atoms. The monoisotopic (exact) mass is 485 g/mol. The van der Waals surface area contributed by atoms with Gasteiger partial charge in [0.15, 0.2) is 16.1 Å². The van der Waals surface area contributed by atoms with Crippen molar-refractivity contribution >= 4 is 45.7 Å². The van der Waals surface area contributed by atoms with E-state index in [1.807, 2.05) is 56.4 Å². The average molecular weight is 486 g/mol. The van der Waals surface area contributed by atoms with E-state index >= 15 is 0 Å². The number of nitrogens with zero attached hydrogens (tertiary/aromatic N) is 4. The number of ether oxygens (including phenoxy) is 1. The minimum absolute atomic E-state index is 0.153. The summed E-state index contributed by atoms with van der Waals surface area (Å²) >= 11 is 8.87. The molecule has 0 aliphatic carbocycles. The van der Waals surface area contributed by atoms with E-state index in [0.717, 1.165) is 16.1 Å². The van der Waals surface area contributed by atoms with Gasteiger partial charge in [-0.15, -0.1) is 21.5 Å². The summed E-state index contributed by atoms with van der Waals surface area (Å²) in [6.07, 6.45) is 0. The molecule has 0 aliphatic heterocycles. The van der Waals surface area contributed by atoms with Gasteiger partial charge in [0, 0.05) is 17.5 Å². The van der Waals surface area contributed by atoms with Crippen LogP contribution < -0.4 is 10.1 Å². The molecular formula is C22H20ClN5O2S2. The largest absolute Gasteiger partial charge is 0.484 e. The van der Waals surface area contributed by atoms with Crippen LogP contribution in [0, 0.1) is 6.92 Å². The first-order valence-corrected chi connectivity index (χ1v) is 11.9. The number of carbonyl (C=O) groups is 1. The quantitative estimate of drug-likeness (QED) is 0.345. The molecule has 32 heavy (non-hydrogen) atoms. The zero-order chi connectivity index (χ0) is 22.5. The van der Waals surface area contributed by atoms with Crippen LogP contribution in [0.3, 0.4) is 0 Å². The summed E-state index contributed by atoms with van der Waals surface area (Å²) in [5.41, 5.74) is 1.91. The number of halogens is 1. The number of aromatic nitrogens is 4. The molecule has 0 fully saturated rings. The van der Waals surface area contributed by atoms with Gasteiger partial charge in [-0.1, -0.05) is 65.8 Å². The maximum Gasteiger partial charge on any atom is 0.236 e. The first kappa shape index (κ1) is 22.3. The summed E-state index contributed by atoms with van der Waals surface area (Å²) < 4.78 is 7.52. The normalized spacial score (nSPS) is 10.8. The number of aryl methyl sites for hydroxylation is 1. The zero-order valence-electron chi connectivity index (χ0n) is 17.4. The molecule has 0 bridgehead atoms. The molecule has 0 atom stereocenters. The number of thiazole rings is 1. The van der Waals surface area contributed by atoms with Crippen molar-refractivity contribution in [3.63, 3.8) is 0 Å². The van der Waals surface area contributed by atoms with Crippen LogP contribution in [0.4, 0.5) is 5.13 Å². The highest BCUT2D eigenvalue weighted by Gasteiger charge is 2.15. The Hall–Kier alpha value is -2.88. The molecule has 4 rings (SSSR count). The van der Waals surface area contributed by atoms with Crippen LogP contribution in [0.5, 0.6) is 5.75 Å². The van der Waals surface area contributed by atoms with Crippen molar-refractivity contribution in [1.82, 2.24) is 19.7 Å². The fourth-order valence-electron chi connectivity index (χ4n) is 2.90. The van der Waals surface area contributed by atoms with Gasteiger partial charge in [-0.2, -0.15) is 0 Å². The van der Waals surface area contributed by atoms with Crippen molar-refractivity contribution in [2.75, 3.05) is 11.1 Å². The van der Waals surface area contributed by atoms with Crippen molar-refractivity contribution in [2.24, 2.45) is 7.05 Å². The van der Waals surface area contributed by atoms with Gasteiger partial charge in [0.1, 0.15) is 12.4 Å². The second-order valence-electron chi connectivity index (χ2n) is 6.80. The molecule has 0 aliphatic rings. The van der Waals surface area contributed by atoms with Gasteiger partial charge in [0.25, 0.3) is 0 Å². The third kappa shape index (κ3) is 5.29. The van der Waals surface area contributed by atoms with Gasteiger partial charge in [-0.3, -0.25) is 4.79 Å². The Kier molecular flexibility index (Phi) is 7.09. The van der Waals surface area contributed by atoms with E-state index in [2.05, 4.69) is 20.5 Å². The molecule has 7 nitrogen and oxygen atoms in total. The van der Waals surface area contributed by atoms with E-state index in [4.69, 9.17) is 16.3 Å². The maximum absolute atomic E-state index is 12.4. The first-order chi connectivity index (χ1) is 15.5. The van der Waals surface area contributed by atoms with Crippen LogP contribution >= 0.6 is 34.7 Å². The van der Waals surface area contributed by atoms with Crippen LogP contribution in [0.2, 0.25) is 5.02 Å². The number of benzene rings is 2. The van der Waals surface area contributed by atoms with Crippen molar-refractivity contribution in [1.29, 1.82) is 0 Å². The number of nitrogens with one attached hydrogen (secondary N) is 1. The first-order valence-electron chi connectivity index (χ1n) is 9.72. The lowest BCUT2D eigenvalue weighted by molar-refractivity contribution is -0.113. The standard InChI is InChI=1S/C22H20ClN5O2S2/c1-14-20(15-8-4-3-5-9-15)25-21(32-14)24-19(29)13-31-22-27-26-18(28(22)2)12-30-17-11-7-6-10-16(17)23/h3-11H,12-13H2,1-2H3,(H,24,25,29). The third-order valence-electron chi connectivity index (χ3n) is 4.54. The van der Waals surface area contributed by atoms with E-state index in [0.29, 0.717) is 26.9 Å². The predicted molar refractivity (Wildman–Crippen MR) is 128 cm³/mol. The van der Waals surface area contributed by atoms with Crippen LogP contribution in [0.25, 0.3) is 11.3 Å². The molecule has 10 heteroatoms. The predicted octanol–water partition coefficient (Wildman–Crippen LogP) is 5.21. The second-order valence-corrected chi connectivity index (χ2v) is 9.36. The summed E-state index contributed by atoms with van der Waals surface area (Å²) in [6.45, 7) is 2.22. The molecule has 0 unspecified atom stereocenters. The Morgan fingerprint density at radius 1 is 1.16 bits per heavy atom. The van der Waals surface area contributed by atoms with Crippen molar-refractivity contribution in [3.05, 3.63) is 70.3 Å². The maximum atomic E-state index is 12.4. The average Bonchev–Trinajstić information content (AvgIpc) is 3.34. The number of amides is 1. The SMILES string of the molecule is Cc1sc(NC(=O)CSc2nnc(COc3ccccc3Cl)n2C)nc1-c1ccccc1. The number of rotatable bonds is 8. The number of carbonyl (C=O) groups excluding carboxylic acids is 1. The molecule has 2 aromatic carbocycles. The molecule has 0 radical (unpaired) electrons. The minimum atomic E-state index is -0.153. The Balaban J connectivity index is 1.32. The number of hydrogen-bond donors (Lipinski definition) is 1. The molecule has 4 aromatic rings. The summed E-state index contributed by atoms with van der Waals surface area (Å²) in [4.78, 5) is 18.1. The lowest BCUT2D eigenvalue weighted by Crippen LogP contribution is -2.14. The second kappa shape index (κ2) is 10.2. The van der Waals surface area contributed by atoms with Gasteiger partial charge in [-0.25, -0.2) is 4.98 Å². The Bertz CT molecular complexity index is 1230. The lowest BCUT2D eigenvalue weighted by Gasteiger charge is -2.07. The zero-order valence-corrected chi connectivity index (χ0v) is 19.8. The van der Waals surface area contributed by atoms with Crippen LogP contribution in [0.15, 0.2) is 59.8 Å². The number of thioether (sulfide) groups is 1. The highest BCUT2D eigenvalue weighted by atomic mass is 35.5. The Labute approximate surface area is 198 Å². The van der Waals surface area contributed by atoms with Gasteiger partial charge >= 0.3 is 0 Å². The molecule has 1 N–H and O–H groups in total. The molecule has 0 saturated carbocycles. The summed E-state index contributed by atoms with van der Waals surface area (Å²) in [5, 5.41) is 12.9. The van der Waals surface area contributed by atoms with Crippen molar-refractivity contribution in [2.45, 2.75) is 18.7 Å². The lowest BCUT2D eigenvalue weighted by atomic mass is 10.1. The third-order valence-corrected chi connectivity index (χ3v) is 6.76. The minimum Gasteiger partial charge on any atom is -0.484 e. The van der Waals surface area contributed by atoms with E-state index in [9.17, 15) is 4.79 Å². The fourth-order valence-corrected chi connectivity index (χ4v) is 4.67. The summed E-state index contributed by atoms with van der Waals surface area (Å²) in [6, 6.07) is 17.2. The molecule has 2 heterocycles. The highest BCUT2D eigenvalue weighted by molar-refractivity contribution is 7.99. The van der Waals surface area contributed by atoms with Crippen LogP contribution in [-0.4, -0.2) is 31.4 Å². The number of para-hydroxylation sites is 1. The Morgan fingerprint density at radius 3 is 2.69 bits per heavy atom. The van der Waals surface area contributed by atoms with Crippen molar-refractivity contribution in [3.8, 4) is 17.0 Å². The van der Waals surface area contributed by atoms with Crippen LogP contribution in [0.1, 0.15) is 10.7 Å². The fraction of sp³-hybridized carbons (Fsp3) is 0.182. The van der Waals surface area contributed by atoms with E-state index in [1.54, 1.807) is 16.7 Å². The van der Waals surface area contributed by atoms with Crippen LogP contribution in [-0.2, 0) is 18.4 Å². The molecular weight excluding hydrogens is 466 g/mol. The van der Waals surface area contributed by atoms with E-state index in [1.165, 1.54) is 23.1 Å². The number of anilines is 1. The van der Waals surface area contributed by atoms with Gasteiger partial charge in [0.05, 0.1) is 16.5 Å². The van der Waals surface area contributed by atoms with E-state index < -0.39 is 0 Å². The Morgan fingerprint density at radius 2 is 1.91 bits per heavy atom. The topological polar surface area (TPSA) is 81.9 Å². The smallest absolute Gasteiger partial charge is 0.236 e. The van der Waals surface area contributed by atoms with Gasteiger partial charge in [0.2, 0.25) is 5.91 Å². The van der Waals surface area contributed by atoms with Crippen molar-refractivity contribution < 1.29 is 9.53 Å². The van der Waals surface area contributed by atoms with Gasteiger partial charge < -0.3 is 14.6 Å². The molecule has 164 valence electrons.